The van der Waals surface area contributed by atoms with E-state index in [0.717, 1.165) is 37.0 Å². The smallest absolute Gasteiger partial charge is 0.255 e. The van der Waals surface area contributed by atoms with Crippen molar-refractivity contribution in [2.24, 2.45) is 0 Å². The van der Waals surface area contributed by atoms with Gasteiger partial charge in [0.15, 0.2) is 11.9 Å². The number of phenols is 1. The van der Waals surface area contributed by atoms with Crippen molar-refractivity contribution in [1.29, 1.82) is 0 Å². The van der Waals surface area contributed by atoms with Gasteiger partial charge in [0.2, 0.25) is 0 Å². The first kappa shape index (κ1) is 14.5. The van der Waals surface area contributed by atoms with E-state index in [2.05, 4.69) is 29.2 Å². The topological polar surface area (TPSA) is 38.8 Å². The van der Waals surface area contributed by atoms with Crippen LogP contribution in [0.2, 0.25) is 5.02 Å². The molecule has 0 spiro atoms. The number of fused-ring (bicyclic) bond motifs is 2. The Morgan fingerprint density at radius 3 is 2.83 bits per heavy atom. The number of halogens is 1. The molecule has 116 valence electrons. The summed E-state index contributed by atoms with van der Waals surface area (Å²) in [6, 6.07) is 14.3. The van der Waals surface area contributed by atoms with Gasteiger partial charge < -0.3 is 10.0 Å². The van der Waals surface area contributed by atoms with Crippen molar-refractivity contribution < 1.29 is 15.0 Å². The zero-order chi connectivity index (χ0) is 15.8. The van der Waals surface area contributed by atoms with Crippen molar-refractivity contribution in [1.82, 2.24) is 0 Å². The molecule has 3 nitrogen and oxygen atoms in total. The molecular formula is C19H19ClN2O+2. The molecule has 23 heavy (non-hydrogen) atoms. The van der Waals surface area contributed by atoms with E-state index in [1.807, 2.05) is 24.4 Å². The van der Waals surface area contributed by atoms with Crippen LogP contribution in [0.25, 0.3) is 10.9 Å². The van der Waals surface area contributed by atoms with Crippen molar-refractivity contribution in [2.45, 2.75) is 19.5 Å². The molecule has 4 rings (SSSR count). The summed E-state index contributed by atoms with van der Waals surface area (Å²) < 4.78 is 0. The van der Waals surface area contributed by atoms with E-state index < -0.39 is 0 Å². The van der Waals surface area contributed by atoms with Crippen LogP contribution in [0.3, 0.4) is 0 Å². The summed E-state index contributed by atoms with van der Waals surface area (Å²) in [4.78, 5) is 4.56. The Labute approximate surface area is 140 Å². The highest BCUT2D eigenvalue weighted by molar-refractivity contribution is 6.35. The number of benzene rings is 2. The Kier molecular flexibility index (Phi) is 3.68. The van der Waals surface area contributed by atoms with Crippen molar-refractivity contribution in [3.05, 3.63) is 70.4 Å². The Morgan fingerprint density at radius 1 is 1.13 bits per heavy atom. The Morgan fingerprint density at radius 2 is 1.96 bits per heavy atom. The molecular weight excluding hydrogens is 308 g/mol. The van der Waals surface area contributed by atoms with Gasteiger partial charge in [-0.3, -0.25) is 0 Å². The summed E-state index contributed by atoms with van der Waals surface area (Å²) in [5, 5.41) is 12.1. The monoisotopic (exact) mass is 326 g/mol. The maximum absolute atomic E-state index is 10.6. The Balaban J connectivity index is 1.65. The largest absolute Gasteiger partial charge is 0.502 e. The van der Waals surface area contributed by atoms with Gasteiger partial charge in [-0.2, -0.15) is 0 Å². The number of hydrogen-bond donors (Lipinski definition) is 2. The van der Waals surface area contributed by atoms with Gasteiger partial charge in [-0.15, -0.1) is 0 Å². The maximum Gasteiger partial charge on any atom is 0.255 e. The number of pyridine rings is 1. The first-order valence-corrected chi connectivity index (χ1v) is 8.31. The lowest BCUT2D eigenvalue weighted by Crippen LogP contribution is -3.10. The normalized spacial score (nSPS) is 17.2. The fourth-order valence-corrected chi connectivity index (χ4v) is 3.78. The van der Waals surface area contributed by atoms with Gasteiger partial charge in [-0.1, -0.05) is 35.9 Å². The van der Waals surface area contributed by atoms with Gasteiger partial charge in [-0.05, 0) is 17.7 Å². The second kappa shape index (κ2) is 5.84. The number of nitrogens with one attached hydrogen (secondary N) is 2. The molecule has 0 amide bonds. The van der Waals surface area contributed by atoms with Crippen molar-refractivity contribution in [3.8, 4) is 5.75 Å². The highest BCUT2D eigenvalue weighted by Gasteiger charge is 2.23. The van der Waals surface area contributed by atoms with Gasteiger partial charge in [0, 0.05) is 18.1 Å². The highest BCUT2D eigenvalue weighted by atomic mass is 35.5. The summed E-state index contributed by atoms with van der Waals surface area (Å²) in [5.74, 6) is 0.316. The van der Waals surface area contributed by atoms with Crippen LogP contribution in [0.5, 0.6) is 5.75 Å². The van der Waals surface area contributed by atoms with E-state index in [-0.39, 0.29) is 0 Å². The third kappa shape index (κ3) is 2.67. The van der Waals surface area contributed by atoms with Crippen LogP contribution in [0.4, 0.5) is 0 Å². The molecule has 1 unspecified atom stereocenters. The maximum atomic E-state index is 10.6. The molecule has 0 aliphatic carbocycles. The lowest BCUT2D eigenvalue weighted by Gasteiger charge is -2.26. The minimum Gasteiger partial charge on any atom is -0.502 e. The number of aromatic nitrogens is 1. The zero-order valence-electron chi connectivity index (χ0n) is 12.8. The van der Waals surface area contributed by atoms with Crippen LogP contribution in [0.15, 0.2) is 48.7 Å². The zero-order valence-corrected chi connectivity index (χ0v) is 13.5. The number of hydrogen-bond acceptors (Lipinski definition) is 1. The number of aromatic amines is 1. The van der Waals surface area contributed by atoms with Crippen molar-refractivity contribution >= 4 is 22.5 Å². The summed E-state index contributed by atoms with van der Waals surface area (Å²) in [5.41, 5.74) is 4.48. The molecule has 3 N–H and O–H groups in total. The van der Waals surface area contributed by atoms with E-state index in [4.69, 9.17) is 11.6 Å². The molecule has 3 aromatic rings. The third-order valence-corrected chi connectivity index (χ3v) is 5.02. The van der Waals surface area contributed by atoms with E-state index in [1.165, 1.54) is 16.0 Å². The van der Waals surface area contributed by atoms with Gasteiger partial charge in [0.1, 0.15) is 13.1 Å². The van der Waals surface area contributed by atoms with Gasteiger partial charge in [0.05, 0.1) is 22.5 Å². The van der Waals surface area contributed by atoms with Crippen LogP contribution in [0, 0.1) is 0 Å². The number of aromatic hydroxyl groups is 1. The average Bonchev–Trinajstić information content (AvgIpc) is 2.59. The molecule has 0 saturated heterocycles. The van der Waals surface area contributed by atoms with Gasteiger partial charge >= 0.3 is 0 Å². The molecule has 2 aromatic carbocycles. The molecule has 0 radical (unpaired) electrons. The van der Waals surface area contributed by atoms with E-state index in [0.29, 0.717) is 16.3 Å². The number of quaternary nitrogens is 1. The summed E-state index contributed by atoms with van der Waals surface area (Å²) in [6.45, 7) is 2.84. The number of phenolic OH excluding ortho intramolecular Hbond substituents is 1. The molecule has 1 aliphatic heterocycles. The Bertz CT molecular complexity index is 878. The number of H-pyrrole nitrogens is 1. The minimum atomic E-state index is 0.316. The molecule has 0 bridgehead atoms. The molecule has 1 aromatic heterocycles. The lowest BCUT2D eigenvalue weighted by atomic mass is 9.99. The molecule has 0 fully saturated rings. The molecule has 1 aliphatic rings. The fraction of sp³-hybridized carbons (Fsp3) is 0.211. The molecule has 2 heterocycles. The first-order valence-electron chi connectivity index (χ1n) is 7.93. The van der Waals surface area contributed by atoms with Crippen LogP contribution >= 0.6 is 11.6 Å². The SMILES string of the molecule is Oc1c(C[NH+]2CCc3ccccc3C2)cc(Cl)c2ccc[nH+]c12. The van der Waals surface area contributed by atoms with Crippen LogP contribution in [0.1, 0.15) is 16.7 Å². The van der Waals surface area contributed by atoms with E-state index >= 15 is 0 Å². The standard InChI is InChI=1S/C19H17ClN2O/c20-17-10-15(19(23)18-16(17)6-3-8-21-18)12-22-9-7-13-4-1-2-5-14(13)11-22/h1-6,8,10,23H,7,9,11-12H2/p+2. The van der Waals surface area contributed by atoms with Crippen LogP contribution < -0.4 is 9.88 Å². The number of rotatable bonds is 2. The summed E-state index contributed by atoms with van der Waals surface area (Å²) in [7, 11) is 0. The first-order chi connectivity index (χ1) is 11.2. The fourth-order valence-electron chi connectivity index (χ4n) is 3.49. The van der Waals surface area contributed by atoms with E-state index in [1.54, 1.807) is 0 Å². The quantitative estimate of drug-likeness (QED) is 0.744. The summed E-state index contributed by atoms with van der Waals surface area (Å²) >= 11 is 6.39. The second-order valence-corrected chi connectivity index (χ2v) is 6.60. The third-order valence-electron chi connectivity index (χ3n) is 4.70. The Hall–Kier alpha value is -2.10. The predicted molar refractivity (Wildman–Crippen MR) is 90.6 cm³/mol. The van der Waals surface area contributed by atoms with Crippen LogP contribution in [-0.4, -0.2) is 11.7 Å². The molecule has 1 atom stereocenters. The van der Waals surface area contributed by atoms with Crippen molar-refractivity contribution in [2.75, 3.05) is 6.54 Å². The lowest BCUT2D eigenvalue weighted by molar-refractivity contribution is -0.929. The molecule has 0 saturated carbocycles. The van der Waals surface area contributed by atoms with Gasteiger partial charge in [0.25, 0.3) is 5.52 Å². The predicted octanol–water partition coefficient (Wildman–Crippen LogP) is 2.15. The van der Waals surface area contributed by atoms with Crippen LogP contribution in [-0.2, 0) is 19.5 Å². The molecule has 4 heteroatoms. The van der Waals surface area contributed by atoms with Crippen molar-refractivity contribution in [3.63, 3.8) is 0 Å². The van der Waals surface area contributed by atoms with E-state index in [9.17, 15) is 5.11 Å². The summed E-state index contributed by atoms with van der Waals surface area (Å²) in [6.07, 6.45) is 2.89. The average molecular weight is 327 g/mol. The highest BCUT2D eigenvalue weighted by Crippen LogP contribution is 2.31. The van der Waals surface area contributed by atoms with Gasteiger partial charge in [-0.25, -0.2) is 4.98 Å². The second-order valence-electron chi connectivity index (χ2n) is 6.20. The minimum absolute atomic E-state index is 0.316.